The smallest absolute Gasteiger partial charge is 0.0705 e. The lowest BCUT2D eigenvalue weighted by Crippen LogP contribution is -2.55. The number of rotatable bonds is 5. The molecule has 0 saturated carbocycles. The summed E-state index contributed by atoms with van der Waals surface area (Å²) in [5, 5.41) is 0. The number of hydrogen-bond donors (Lipinski definition) is 0. The van der Waals surface area contributed by atoms with Crippen LogP contribution in [0, 0.1) is 0 Å². The molecular formula is C22H30N4O. The van der Waals surface area contributed by atoms with Crippen LogP contribution in [0.3, 0.4) is 0 Å². The van der Waals surface area contributed by atoms with Crippen molar-refractivity contribution in [1.29, 1.82) is 0 Å². The summed E-state index contributed by atoms with van der Waals surface area (Å²) in [4.78, 5) is 13.9. The second-order valence-electron chi connectivity index (χ2n) is 8.34. The molecule has 27 heavy (non-hydrogen) atoms. The summed E-state index contributed by atoms with van der Waals surface area (Å²) >= 11 is 0. The van der Waals surface area contributed by atoms with E-state index in [2.05, 4.69) is 45.7 Å². The largest absolute Gasteiger partial charge is 0.379 e. The molecule has 5 nitrogen and oxygen atoms in total. The Morgan fingerprint density at radius 1 is 1.07 bits per heavy atom. The summed E-state index contributed by atoms with van der Waals surface area (Å²) < 4.78 is 5.52. The quantitative estimate of drug-likeness (QED) is 0.814. The molecule has 2 aromatic rings. The summed E-state index contributed by atoms with van der Waals surface area (Å²) in [5.41, 5.74) is 3.78. The fraction of sp³-hybridized carbons (Fsp3) is 0.545. The van der Waals surface area contributed by atoms with Crippen molar-refractivity contribution in [3.05, 3.63) is 48.4 Å². The average molecular weight is 367 g/mol. The zero-order valence-corrected chi connectivity index (χ0v) is 16.5. The summed E-state index contributed by atoms with van der Waals surface area (Å²) in [6.45, 7) is 12.0. The molecule has 0 N–H and O–H groups in total. The Balaban J connectivity index is 1.41. The van der Waals surface area contributed by atoms with Crippen LogP contribution >= 0.6 is 0 Å². The van der Waals surface area contributed by atoms with E-state index in [1.54, 1.807) is 0 Å². The Morgan fingerprint density at radius 3 is 2.63 bits per heavy atom. The molecule has 0 bridgehead atoms. The molecule has 0 amide bonds. The van der Waals surface area contributed by atoms with E-state index in [9.17, 15) is 0 Å². The lowest BCUT2D eigenvalue weighted by Gasteiger charge is -2.43. The number of ether oxygens (including phenoxy) is 1. The first kappa shape index (κ1) is 18.5. The second kappa shape index (κ2) is 8.05. The molecule has 2 fully saturated rings. The van der Waals surface area contributed by atoms with Gasteiger partial charge in [0.15, 0.2) is 0 Å². The van der Waals surface area contributed by atoms with Crippen molar-refractivity contribution in [1.82, 2.24) is 19.8 Å². The van der Waals surface area contributed by atoms with Gasteiger partial charge in [-0.2, -0.15) is 0 Å². The van der Waals surface area contributed by atoms with Gasteiger partial charge in [0.05, 0.1) is 18.9 Å². The Morgan fingerprint density at radius 2 is 1.85 bits per heavy atom. The third-order valence-electron chi connectivity index (χ3n) is 5.98. The van der Waals surface area contributed by atoms with Gasteiger partial charge in [-0.1, -0.05) is 0 Å². The molecule has 1 atom stereocenters. The van der Waals surface area contributed by atoms with Crippen LogP contribution in [0.1, 0.15) is 31.7 Å². The van der Waals surface area contributed by atoms with Crippen molar-refractivity contribution in [3.8, 4) is 11.3 Å². The summed E-state index contributed by atoms with van der Waals surface area (Å²) in [6, 6.07) is 8.50. The normalized spacial score (nSPS) is 22.2. The molecule has 0 unspecified atom stereocenters. The fourth-order valence-electron chi connectivity index (χ4n) is 4.45. The maximum absolute atomic E-state index is 5.52. The van der Waals surface area contributed by atoms with E-state index < -0.39 is 0 Å². The van der Waals surface area contributed by atoms with E-state index in [0.717, 1.165) is 50.7 Å². The fourth-order valence-corrected chi connectivity index (χ4v) is 4.45. The lowest BCUT2D eigenvalue weighted by molar-refractivity contribution is -0.0197. The maximum Gasteiger partial charge on any atom is 0.0705 e. The molecule has 0 spiro atoms. The molecule has 0 radical (unpaired) electrons. The maximum atomic E-state index is 5.52. The van der Waals surface area contributed by atoms with Gasteiger partial charge in [0.1, 0.15) is 0 Å². The van der Waals surface area contributed by atoms with Crippen molar-refractivity contribution in [3.63, 3.8) is 0 Å². The number of hydrogen-bond acceptors (Lipinski definition) is 5. The van der Waals surface area contributed by atoms with Crippen molar-refractivity contribution in [2.24, 2.45) is 0 Å². The Hall–Kier alpha value is -1.82. The van der Waals surface area contributed by atoms with Crippen LogP contribution < -0.4 is 0 Å². The number of nitrogens with zero attached hydrogens (tertiary/aromatic N) is 4. The number of aromatic nitrogens is 2. The molecule has 2 aliphatic heterocycles. The molecule has 2 aliphatic rings. The van der Waals surface area contributed by atoms with Gasteiger partial charge in [0.2, 0.25) is 0 Å². The third-order valence-corrected chi connectivity index (χ3v) is 5.98. The van der Waals surface area contributed by atoms with Gasteiger partial charge in [-0.3, -0.25) is 14.9 Å². The number of pyridine rings is 2. The second-order valence-corrected chi connectivity index (χ2v) is 8.34. The lowest BCUT2D eigenvalue weighted by atomic mass is 9.97. The van der Waals surface area contributed by atoms with Crippen LogP contribution in [0.2, 0.25) is 0 Å². The first-order valence-corrected chi connectivity index (χ1v) is 10.0. The topological polar surface area (TPSA) is 41.5 Å². The average Bonchev–Trinajstić information content (AvgIpc) is 3.17. The summed E-state index contributed by atoms with van der Waals surface area (Å²) in [5.74, 6) is 0.592. The number of likely N-dealkylation sites (tertiary alicyclic amines) is 1. The molecule has 2 aromatic heterocycles. The Kier molecular flexibility index (Phi) is 5.53. The first-order valence-electron chi connectivity index (χ1n) is 10.0. The van der Waals surface area contributed by atoms with Crippen LogP contribution in [0.15, 0.2) is 42.9 Å². The molecule has 5 heteroatoms. The number of morpholine rings is 1. The van der Waals surface area contributed by atoms with E-state index in [0.29, 0.717) is 5.92 Å². The Bertz CT molecular complexity index is 743. The van der Waals surface area contributed by atoms with E-state index in [1.807, 2.05) is 30.7 Å². The Labute approximate surface area is 162 Å². The molecule has 144 valence electrons. The van der Waals surface area contributed by atoms with Gasteiger partial charge in [-0.15, -0.1) is 0 Å². The summed E-state index contributed by atoms with van der Waals surface area (Å²) in [7, 11) is 0. The minimum Gasteiger partial charge on any atom is -0.379 e. The van der Waals surface area contributed by atoms with E-state index >= 15 is 0 Å². The monoisotopic (exact) mass is 366 g/mol. The highest BCUT2D eigenvalue weighted by Gasteiger charge is 2.33. The van der Waals surface area contributed by atoms with Crippen LogP contribution in [-0.4, -0.2) is 71.2 Å². The highest BCUT2D eigenvalue weighted by Crippen LogP contribution is 2.31. The SMILES string of the molecule is CC(C)(CN1CC[C@H](c2ccnc(-c3ccncc3)c2)C1)N1CCOCC1. The molecule has 2 saturated heterocycles. The minimum absolute atomic E-state index is 0.194. The van der Waals surface area contributed by atoms with E-state index in [-0.39, 0.29) is 5.54 Å². The van der Waals surface area contributed by atoms with Crippen LogP contribution in [0.5, 0.6) is 0 Å². The molecule has 0 aliphatic carbocycles. The standard InChI is InChI=1S/C22H30N4O/c1-22(2,26-11-13-27-14-12-26)17-25-10-6-20(16-25)19-5-9-24-21(15-19)18-3-7-23-8-4-18/h3-5,7-9,15,20H,6,10-14,16-17H2,1-2H3/t20-/m0/s1. The zero-order valence-electron chi connectivity index (χ0n) is 16.5. The minimum atomic E-state index is 0.194. The van der Waals surface area contributed by atoms with Crippen molar-refractivity contribution < 1.29 is 4.74 Å². The van der Waals surface area contributed by atoms with Crippen molar-refractivity contribution in [2.45, 2.75) is 31.7 Å². The van der Waals surface area contributed by atoms with Gasteiger partial charge in [0.25, 0.3) is 0 Å². The first-order chi connectivity index (χ1) is 13.1. The zero-order chi connectivity index (χ0) is 18.7. The summed E-state index contributed by atoms with van der Waals surface area (Å²) in [6.07, 6.45) is 6.83. The molecule has 4 rings (SSSR count). The van der Waals surface area contributed by atoms with Crippen molar-refractivity contribution in [2.75, 3.05) is 45.9 Å². The third kappa shape index (κ3) is 4.37. The van der Waals surface area contributed by atoms with Crippen molar-refractivity contribution >= 4 is 0 Å². The van der Waals surface area contributed by atoms with Gasteiger partial charge >= 0.3 is 0 Å². The van der Waals surface area contributed by atoms with Gasteiger partial charge in [0, 0.05) is 55.9 Å². The van der Waals surface area contributed by atoms with Gasteiger partial charge < -0.3 is 9.64 Å². The highest BCUT2D eigenvalue weighted by atomic mass is 16.5. The molecule has 4 heterocycles. The van der Waals surface area contributed by atoms with Crippen LogP contribution in [0.4, 0.5) is 0 Å². The molecular weight excluding hydrogens is 336 g/mol. The highest BCUT2D eigenvalue weighted by molar-refractivity contribution is 5.59. The van der Waals surface area contributed by atoms with E-state index in [1.165, 1.54) is 18.5 Å². The van der Waals surface area contributed by atoms with Gasteiger partial charge in [-0.05, 0) is 62.6 Å². The van der Waals surface area contributed by atoms with Gasteiger partial charge in [-0.25, -0.2) is 0 Å². The molecule has 0 aromatic carbocycles. The predicted molar refractivity (Wildman–Crippen MR) is 108 cm³/mol. The predicted octanol–water partition coefficient (Wildman–Crippen LogP) is 3.04. The van der Waals surface area contributed by atoms with Crippen LogP contribution in [0.25, 0.3) is 11.3 Å². The van der Waals surface area contributed by atoms with E-state index in [4.69, 9.17) is 4.74 Å². The van der Waals surface area contributed by atoms with Crippen LogP contribution in [-0.2, 0) is 4.74 Å².